The van der Waals surface area contributed by atoms with Gasteiger partial charge in [0.05, 0.1) is 0 Å². The number of aromatic amines is 1. The number of benzene rings is 3. The van der Waals surface area contributed by atoms with Crippen LogP contribution in [0.2, 0.25) is 5.02 Å². The van der Waals surface area contributed by atoms with Gasteiger partial charge in [0.25, 0.3) is 5.91 Å². The van der Waals surface area contributed by atoms with Crippen molar-refractivity contribution in [2.45, 2.75) is 5.92 Å². The molecule has 0 aliphatic carbocycles. The Labute approximate surface area is 196 Å². The van der Waals surface area contributed by atoms with E-state index in [1.165, 1.54) is 4.90 Å². The van der Waals surface area contributed by atoms with Crippen molar-refractivity contribution in [2.75, 3.05) is 13.1 Å². The minimum atomic E-state index is -0.255. The van der Waals surface area contributed by atoms with Crippen LogP contribution in [0.3, 0.4) is 0 Å². The van der Waals surface area contributed by atoms with Gasteiger partial charge in [-0.2, -0.15) is 0 Å². The molecule has 1 aromatic heterocycles. The Morgan fingerprint density at radius 3 is 2.45 bits per heavy atom. The summed E-state index contributed by atoms with van der Waals surface area (Å²) in [6, 6.07) is 23.0. The van der Waals surface area contributed by atoms with Gasteiger partial charge in [0.15, 0.2) is 0 Å². The Hall–Kier alpha value is -3.83. The van der Waals surface area contributed by atoms with Crippen molar-refractivity contribution >= 4 is 40.0 Å². The molecule has 2 amide bonds. The van der Waals surface area contributed by atoms with Crippen LogP contribution < -0.4 is 5.32 Å². The second-order valence-electron chi connectivity index (χ2n) is 8.05. The number of amides is 2. The molecular weight excluding hydrogens is 434 g/mol. The van der Waals surface area contributed by atoms with Gasteiger partial charge in [-0.05, 0) is 29.3 Å². The molecule has 2 N–H and O–H groups in total. The van der Waals surface area contributed by atoms with Gasteiger partial charge >= 0.3 is 0 Å². The first-order valence-corrected chi connectivity index (χ1v) is 11.1. The fraction of sp³-hybridized carbons (Fsp3) is 0.111. The van der Waals surface area contributed by atoms with Gasteiger partial charge in [-0.3, -0.25) is 14.5 Å². The maximum atomic E-state index is 12.9. The van der Waals surface area contributed by atoms with Gasteiger partial charge in [-0.1, -0.05) is 72.8 Å². The number of fused-ring (bicyclic) bond motifs is 2. The first kappa shape index (κ1) is 21.0. The summed E-state index contributed by atoms with van der Waals surface area (Å²) < 4.78 is 0. The molecule has 0 radical (unpaired) electrons. The zero-order chi connectivity index (χ0) is 22.9. The molecule has 1 unspecified atom stereocenters. The summed E-state index contributed by atoms with van der Waals surface area (Å²) in [4.78, 5) is 30.4. The average Bonchev–Trinajstić information content (AvgIpc) is 3.36. The SMILES string of the molecule is C=C1c2ccccc2C(=O)N1CC(=O)NCC(c1ccccc1Cl)c1c[nH]c2ccccc12. The lowest BCUT2D eigenvalue weighted by Gasteiger charge is -2.21. The zero-order valence-electron chi connectivity index (χ0n) is 17.8. The van der Waals surface area contributed by atoms with Crippen LogP contribution in [0.5, 0.6) is 0 Å². The minimum Gasteiger partial charge on any atom is -0.361 e. The molecule has 164 valence electrons. The largest absolute Gasteiger partial charge is 0.361 e. The number of carbonyl (C=O) groups is 2. The van der Waals surface area contributed by atoms with Gasteiger partial charge in [0.1, 0.15) is 6.54 Å². The molecular formula is C27H22ClN3O2. The van der Waals surface area contributed by atoms with E-state index in [1.807, 2.05) is 66.9 Å². The van der Waals surface area contributed by atoms with Crippen molar-refractivity contribution in [3.63, 3.8) is 0 Å². The number of nitrogens with zero attached hydrogens (tertiary/aromatic N) is 1. The smallest absolute Gasteiger partial charge is 0.259 e. The monoisotopic (exact) mass is 455 g/mol. The fourth-order valence-electron chi connectivity index (χ4n) is 4.44. The van der Waals surface area contributed by atoms with E-state index in [-0.39, 0.29) is 24.3 Å². The van der Waals surface area contributed by atoms with E-state index in [2.05, 4.69) is 22.9 Å². The summed E-state index contributed by atoms with van der Waals surface area (Å²) in [7, 11) is 0. The van der Waals surface area contributed by atoms with E-state index in [9.17, 15) is 9.59 Å². The average molecular weight is 456 g/mol. The molecule has 1 atom stereocenters. The Morgan fingerprint density at radius 2 is 1.67 bits per heavy atom. The summed E-state index contributed by atoms with van der Waals surface area (Å²) in [6.45, 7) is 4.26. The fourth-order valence-corrected chi connectivity index (χ4v) is 4.71. The lowest BCUT2D eigenvalue weighted by atomic mass is 9.90. The predicted octanol–water partition coefficient (Wildman–Crippen LogP) is 5.20. The normalized spacial score (nSPS) is 13.9. The molecule has 3 aromatic carbocycles. The molecule has 0 spiro atoms. The second kappa shape index (κ2) is 8.60. The van der Waals surface area contributed by atoms with Gasteiger partial charge < -0.3 is 10.3 Å². The lowest BCUT2D eigenvalue weighted by molar-refractivity contribution is -0.121. The first-order valence-electron chi connectivity index (χ1n) is 10.7. The standard InChI is InChI=1S/C27H22ClN3O2/c1-17-18-8-2-3-11-21(18)27(33)31(17)16-26(32)30-15-22(19-9-4-6-12-24(19)28)23-14-29-25-13-7-5-10-20(23)25/h2-14,22,29H,1,15-16H2,(H,30,32). The number of H-pyrrole nitrogens is 1. The number of hydrogen-bond acceptors (Lipinski definition) is 2. The summed E-state index contributed by atoms with van der Waals surface area (Å²) in [5, 5.41) is 4.73. The highest BCUT2D eigenvalue weighted by Gasteiger charge is 2.32. The van der Waals surface area contributed by atoms with Crippen LogP contribution in [0.15, 0.2) is 85.6 Å². The van der Waals surface area contributed by atoms with Gasteiger partial charge in [0.2, 0.25) is 5.91 Å². The van der Waals surface area contributed by atoms with Crippen molar-refractivity contribution in [1.29, 1.82) is 0 Å². The summed E-state index contributed by atoms with van der Waals surface area (Å²) in [6.07, 6.45) is 1.97. The summed E-state index contributed by atoms with van der Waals surface area (Å²) in [5.74, 6) is -0.618. The second-order valence-corrected chi connectivity index (χ2v) is 8.46. The van der Waals surface area contributed by atoms with Crippen molar-refractivity contribution in [3.05, 3.63) is 113 Å². The molecule has 0 fully saturated rings. The molecule has 5 rings (SSSR count). The number of nitrogens with one attached hydrogen (secondary N) is 2. The van der Waals surface area contributed by atoms with Crippen LogP contribution >= 0.6 is 11.6 Å². The molecule has 0 saturated heterocycles. The van der Waals surface area contributed by atoms with E-state index in [1.54, 1.807) is 6.07 Å². The number of aromatic nitrogens is 1. The molecule has 6 heteroatoms. The molecule has 0 saturated carbocycles. The molecule has 5 nitrogen and oxygen atoms in total. The number of rotatable bonds is 6. The van der Waals surface area contributed by atoms with E-state index in [0.29, 0.717) is 22.8 Å². The van der Waals surface area contributed by atoms with Gasteiger partial charge in [-0.15, -0.1) is 0 Å². The molecule has 4 aromatic rings. The van der Waals surface area contributed by atoms with Crippen LogP contribution in [0, 0.1) is 0 Å². The van der Waals surface area contributed by atoms with Gasteiger partial charge in [-0.25, -0.2) is 0 Å². The van der Waals surface area contributed by atoms with Crippen molar-refractivity contribution < 1.29 is 9.59 Å². The molecule has 1 aliphatic heterocycles. The van der Waals surface area contributed by atoms with Crippen molar-refractivity contribution in [3.8, 4) is 0 Å². The maximum absolute atomic E-state index is 12.9. The highest BCUT2D eigenvalue weighted by Crippen LogP contribution is 2.34. The number of halogens is 1. The quantitative estimate of drug-likeness (QED) is 0.420. The highest BCUT2D eigenvalue weighted by molar-refractivity contribution is 6.31. The molecule has 2 heterocycles. The predicted molar refractivity (Wildman–Crippen MR) is 131 cm³/mol. The Bertz CT molecular complexity index is 1360. The minimum absolute atomic E-state index is 0.0878. The Balaban J connectivity index is 1.37. The molecule has 0 bridgehead atoms. The van der Waals surface area contributed by atoms with Crippen molar-refractivity contribution in [1.82, 2.24) is 15.2 Å². The molecule has 33 heavy (non-hydrogen) atoms. The summed E-state index contributed by atoms with van der Waals surface area (Å²) >= 11 is 6.54. The van der Waals surface area contributed by atoms with E-state index >= 15 is 0 Å². The maximum Gasteiger partial charge on any atom is 0.259 e. The lowest BCUT2D eigenvalue weighted by Crippen LogP contribution is -2.38. The third kappa shape index (κ3) is 3.81. The van der Waals surface area contributed by atoms with Crippen molar-refractivity contribution in [2.24, 2.45) is 0 Å². The Morgan fingerprint density at radius 1 is 0.970 bits per heavy atom. The van der Waals surface area contributed by atoms with Crippen LogP contribution in [-0.4, -0.2) is 34.8 Å². The third-order valence-electron chi connectivity index (χ3n) is 6.12. The zero-order valence-corrected chi connectivity index (χ0v) is 18.6. The van der Waals surface area contributed by atoms with Gasteiger partial charge in [0, 0.05) is 51.4 Å². The number of para-hydroxylation sites is 1. The Kier molecular flexibility index (Phi) is 5.48. The first-order chi connectivity index (χ1) is 16.0. The summed E-state index contributed by atoms with van der Waals surface area (Å²) in [5.41, 5.74) is 4.88. The highest BCUT2D eigenvalue weighted by atomic mass is 35.5. The van der Waals surface area contributed by atoms with E-state index < -0.39 is 0 Å². The topological polar surface area (TPSA) is 65.2 Å². The number of carbonyl (C=O) groups excluding carboxylic acids is 2. The van der Waals surface area contributed by atoms with Crippen LogP contribution in [-0.2, 0) is 4.79 Å². The van der Waals surface area contributed by atoms with Crippen LogP contribution in [0.1, 0.15) is 33.0 Å². The van der Waals surface area contributed by atoms with E-state index in [4.69, 9.17) is 11.6 Å². The third-order valence-corrected chi connectivity index (χ3v) is 6.47. The van der Waals surface area contributed by atoms with Crippen LogP contribution in [0.25, 0.3) is 16.6 Å². The van der Waals surface area contributed by atoms with E-state index in [0.717, 1.165) is 27.6 Å². The number of hydrogen-bond donors (Lipinski definition) is 2. The molecule has 1 aliphatic rings. The van der Waals surface area contributed by atoms with Crippen LogP contribution in [0.4, 0.5) is 0 Å².